The van der Waals surface area contributed by atoms with E-state index < -0.39 is 0 Å². The van der Waals surface area contributed by atoms with Crippen LogP contribution in [0.15, 0.2) is 18.2 Å². The zero-order valence-electron chi connectivity index (χ0n) is 18.0. The standard InChI is InChI=1S/C23H33FN2O3/c1-23(2,3)25-22(28)14-26-18-5-6-19(26)9-16(8-18)11-20(27)10-15-7-17(24)13-21(12-15)29-4/h7,12-13,16,18-19H,5-6,8-11,14H2,1-4H3,(H,25,28)/t16?,18-,19+. The van der Waals surface area contributed by atoms with Crippen molar-refractivity contribution >= 4 is 11.7 Å². The number of carbonyl (C=O) groups excluding carboxylic acids is 2. The Balaban J connectivity index is 1.53. The highest BCUT2D eigenvalue weighted by molar-refractivity contribution is 5.81. The third-order valence-electron chi connectivity index (χ3n) is 5.91. The van der Waals surface area contributed by atoms with E-state index in [4.69, 9.17) is 4.74 Å². The average molecular weight is 405 g/mol. The lowest BCUT2D eigenvalue weighted by atomic mass is 9.85. The Hall–Kier alpha value is -1.95. The fourth-order valence-electron chi connectivity index (χ4n) is 4.90. The molecule has 1 aromatic carbocycles. The number of carbonyl (C=O) groups is 2. The van der Waals surface area contributed by atoms with Crippen LogP contribution in [0.25, 0.3) is 0 Å². The number of ketones is 1. The summed E-state index contributed by atoms with van der Waals surface area (Å²) in [5, 5.41) is 3.04. The lowest BCUT2D eigenvalue weighted by molar-refractivity contribution is -0.126. The summed E-state index contributed by atoms with van der Waals surface area (Å²) in [6.07, 6.45) is 4.86. The first-order valence-corrected chi connectivity index (χ1v) is 10.5. The summed E-state index contributed by atoms with van der Waals surface area (Å²) in [5.41, 5.74) is 0.437. The topological polar surface area (TPSA) is 58.6 Å². The minimum Gasteiger partial charge on any atom is -0.497 e. The SMILES string of the molecule is COc1cc(F)cc(CC(=O)CC2C[C@H]3CC[C@@H](C2)N3CC(=O)NC(C)(C)C)c1. The summed E-state index contributed by atoms with van der Waals surface area (Å²) < 4.78 is 18.7. The molecule has 2 aliphatic heterocycles. The highest BCUT2D eigenvalue weighted by atomic mass is 19.1. The largest absolute Gasteiger partial charge is 0.497 e. The van der Waals surface area contributed by atoms with Crippen LogP contribution >= 0.6 is 0 Å². The minimum absolute atomic E-state index is 0.0731. The number of nitrogens with zero attached hydrogens (tertiary/aromatic N) is 1. The third-order valence-corrected chi connectivity index (χ3v) is 5.91. The van der Waals surface area contributed by atoms with Crippen molar-refractivity contribution in [2.75, 3.05) is 13.7 Å². The quantitative estimate of drug-likeness (QED) is 0.756. The zero-order valence-corrected chi connectivity index (χ0v) is 18.0. The summed E-state index contributed by atoms with van der Waals surface area (Å²) >= 11 is 0. The van der Waals surface area contributed by atoms with Crippen LogP contribution in [-0.4, -0.2) is 47.9 Å². The van der Waals surface area contributed by atoms with Gasteiger partial charge in [0.15, 0.2) is 0 Å². The van der Waals surface area contributed by atoms with Crippen molar-refractivity contribution < 1.29 is 18.7 Å². The molecule has 6 heteroatoms. The van der Waals surface area contributed by atoms with E-state index in [1.807, 2.05) is 20.8 Å². The molecule has 2 saturated heterocycles. The highest BCUT2D eigenvalue weighted by Crippen LogP contribution is 2.39. The molecule has 0 aliphatic carbocycles. The Bertz CT molecular complexity index is 745. The molecule has 0 aromatic heterocycles. The number of halogens is 1. The first-order valence-electron chi connectivity index (χ1n) is 10.5. The summed E-state index contributed by atoms with van der Waals surface area (Å²) in [6.45, 7) is 6.42. The third kappa shape index (κ3) is 6.01. The van der Waals surface area contributed by atoms with Gasteiger partial charge in [-0.1, -0.05) is 0 Å². The first kappa shape index (κ1) is 21.8. The van der Waals surface area contributed by atoms with Gasteiger partial charge in [0.2, 0.25) is 5.91 Å². The Labute approximate surface area is 173 Å². The van der Waals surface area contributed by atoms with Crippen LogP contribution in [0.5, 0.6) is 5.75 Å². The van der Waals surface area contributed by atoms with E-state index in [0.717, 1.165) is 25.7 Å². The van der Waals surface area contributed by atoms with Gasteiger partial charge in [0.25, 0.3) is 0 Å². The van der Waals surface area contributed by atoms with Gasteiger partial charge in [-0.3, -0.25) is 14.5 Å². The van der Waals surface area contributed by atoms with Gasteiger partial charge in [-0.25, -0.2) is 4.39 Å². The molecule has 1 amide bonds. The molecule has 0 radical (unpaired) electrons. The van der Waals surface area contributed by atoms with Gasteiger partial charge < -0.3 is 10.1 Å². The van der Waals surface area contributed by atoms with Crippen molar-refractivity contribution in [1.29, 1.82) is 0 Å². The van der Waals surface area contributed by atoms with Crippen LogP contribution < -0.4 is 10.1 Å². The molecule has 29 heavy (non-hydrogen) atoms. The number of hydrogen-bond donors (Lipinski definition) is 1. The summed E-state index contributed by atoms with van der Waals surface area (Å²) in [5.74, 6) is 0.613. The van der Waals surface area contributed by atoms with E-state index in [1.165, 1.54) is 19.2 Å². The van der Waals surface area contributed by atoms with Gasteiger partial charge in [-0.05, 0) is 70.1 Å². The number of nitrogens with one attached hydrogen (secondary N) is 1. The average Bonchev–Trinajstić information content (AvgIpc) is 2.82. The van der Waals surface area contributed by atoms with E-state index in [2.05, 4.69) is 10.2 Å². The van der Waals surface area contributed by atoms with Gasteiger partial charge in [-0.2, -0.15) is 0 Å². The Morgan fingerprint density at radius 3 is 2.41 bits per heavy atom. The molecule has 3 atom stereocenters. The van der Waals surface area contributed by atoms with Gasteiger partial charge in [0.1, 0.15) is 17.3 Å². The molecule has 3 rings (SSSR count). The van der Waals surface area contributed by atoms with Crippen LogP contribution in [0.3, 0.4) is 0 Å². The van der Waals surface area contributed by atoms with E-state index in [0.29, 0.717) is 42.3 Å². The van der Waals surface area contributed by atoms with E-state index in [1.54, 1.807) is 6.07 Å². The molecule has 0 saturated carbocycles. The molecule has 160 valence electrons. The van der Waals surface area contributed by atoms with Crippen LogP contribution in [-0.2, 0) is 16.0 Å². The number of ether oxygens (including phenoxy) is 1. The minimum atomic E-state index is -0.382. The maximum atomic E-state index is 13.7. The number of amides is 1. The number of fused-ring (bicyclic) bond motifs is 2. The molecule has 1 unspecified atom stereocenters. The molecule has 5 nitrogen and oxygen atoms in total. The van der Waals surface area contributed by atoms with E-state index in [9.17, 15) is 14.0 Å². The molecule has 0 spiro atoms. The Kier molecular flexibility index (Phi) is 6.62. The number of methoxy groups -OCH3 is 1. The number of rotatable bonds is 7. The molecule has 2 fully saturated rings. The number of Topliss-reactive ketones (excluding diaryl/α,β-unsaturated/α-hetero) is 1. The molecule has 2 bridgehead atoms. The summed E-state index contributed by atoms with van der Waals surface area (Å²) in [6, 6.07) is 5.21. The van der Waals surface area contributed by atoms with E-state index >= 15 is 0 Å². The van der Waals surface area contributed by atoms with Gasteiger partial charge in [0, 0.05) is 36.5 Å². The van der Waals surface area contributed by atoms with Crippen molar-refractivity contribution in [2.24, 2.45) is 5.92 Å². The molecular formula is C23H33FN2O3. The van der Waals surface area contributed by atoms with Crippen molar-refractivity contribution in [1.82, 2.24) is 10.2 Å². The van der Waals surface area contributed by atoms with Gasteiger partial charge >= 0.3 is 0 Å². The first-order chi connectivity index (χ1) is 13.6. The second kappa shape index (κ2) is 8.82. The van der Waals surface area contributed by atoms with Crippen molar-refractivity contribution in [3.8, 4) is 5.75 Å². The summed E-state index contributed by atoms with van der Waals surface area (Å²) in [4.78, 5) is 27.3. The zero-order chi connectivity index (χ0) is 21.2. The maximum absolute atomic E-state index is 13.7. The highest BCUT2D eigenvalue weighted by Gasteiger charge is 2.41. The van der Waals surface area contributed by atoms with Gasteiger partial charge in [0.05, 0.1) is 13.7 Å². The lowest BCUT2D eigenvalue weighted by Gasteiger charge is -2.39. The summed E-state index contributed by atoms with van der Waals surface area (Å²) in [7, 11) is 1.49. The van der Waals surface area contributed by atoms with Crippen molar-refractivity contribution in [2.45, 2.75) is 76.9 Å². The fourth-order valence-corrected chi connectivity index (χ4v) is 4.90. The predicted octanol–water partition coefficient (Wildman–Crippen LogP) is 3.49. The van der Waals surface area contributed by atoms with Crippen LogP contribution in [0, 0.1) is 11.7 Å². The fraction of sp³-hybridized carbons (Fsp3) is 0.652. The second-order valence-electron chi connectivity index (χ2n) is 9.61. The maximum Gasteiger partial charge on any atom is 0.234 e. The van der Waals surface area contributed by atoms with E-state index in [-0.39, 0.29) is 29.5 Å². The smallest absolute Gasteiger partial charge is 0.234 e. The second-order valence-corrected chi connectivity index (χ2v) is 9.61. The molecule has 1 aromatic rings. The normalized spacial score (nSPS) is 24.4. The molecular weight excluding hydrogens is 371 g/mol. The molecule has 2 aliphatic rings. The van der Waals surface area contributed by atoms with Crippen LogP contribution in [0.1, 0.15) is 58.4 Å². The predicted molar refractivity (Wildman–Crippen MR) is 110 cm³/mol. The monoisotopic (exact) mass is 404 g/mol. The van der Waals surface area contributed by atoms with Crippen LogP contribution in [0.4, 0.5) is 4.39 Å². The molecule has 1 N–H and O–H groups in total. The van der Waals surface area contributed by atoms with Crippen molar-refractivity contribution in [3.05, 3.63) is 29.6 Å². The lowest BCUT2D eigenvalue weighted by Crippen LogP contribution is -2.51. The van der Waals surface area contributed by atoms with Crippen LogP contribution in [0.2, 0.25) is 0 Å². The Morgan fingerprint density at radius 1 is 1.17 bits per heavy atom. The number of benzene rings is 1. The molecule has 2 heterocycles. The van der Waals surface area contributed by atoms with Crippen molar-refractivity contribution in [3.63, 3.8) is 0 Å². The number of piperidine rings is 1. The number of hydrogen-bond acceptors (Lipinski definition) is 4. The van der Waals surface area contributed by atoms with Gasteiger partial charge in [-0.15, -0.1) is 0 Å². The Morgan fingerprint density at radius 2 is 1.83 bits per heavy atom.